The summed E-state index contributed by atoms with van der Waals surface area (Å²) < 4.78 is 5.42. The molecule has 1 aromatic carbocycles. The average Bonchev–Trinajstić information content (AvgIpc) is 3.08. The first kappa shape index (κ1) is 17.1. The van der Waals surface area contributed by atoms with Crippen LogP contribution >= 0.6 is 0 Å². The Balaban J connectivity index is 1.90. The van der Waals surface area contributed by atoms with Crippen molar-refractivity contribution in [3.05, 3.63) is 47.4 Å². The van der Waals surface area contributed by atoms with Crippen LogP contribution in [0.1, 0.15) is 37.7 Å². The molecule has 0 saturated heterocycles. The third-order valence-electron chi connectivity index (χ3n) is 4.76. The third kappa shape index (κ3) is 3.85. The predicted molar refractivity (Wildman–Crippen MR) is 100 cm³/mol. The van der Waals surface area contributed by atoms with E-state index >= 15 is 0 Å². The van der Waals surface area contributed by atoms with Crippen LogP contribution in [0.3, 0.4) is 0 Å². The highest BCUT2D eigenvalue weighted by Gasteiger charge is 2.23. The zero-order valence-corrected chi connectivity index (χ0v) is 14.9. The normalized spacial score (nSPS) is 17.8. The maximum atomic E-state index is 9.51. The van der Waals surface area contributed by atoms with Crippen molar-refractivity contribution >= 4 is 11.5 Å². The van der Waals surface area contributed by atoms with Gasteiger partial charge in [-0.05, 0) is 30.5 Å². The molecule has 1 aliphatic heterocycles. The Hall–Kier alpha value is -2.74. The highest BCUT2D eigenvalue weighted by Crippen LogP contribution is 2.31. The Labute approximate surface area is 149 Å². The van der Waals surface area contributed by atoms with Crippen molar-refractivity contribution in [1.29, 1.82) is 5.26 Å². The van der Waals surface area contributed by atoms with Crippen LogP contribution in [-0.2, 0) is 0 Å². The number of amidine groups is 1. The van der Waals surface area contributed by atoms with E-state index in [2.05, 4.69) is 28.3 Å². The first-order valence-corrected chi connectivity index (χ1v) is 8.70. The van der Waals surface area contributed by atoms with Gasteiger partial charge in [0, 0.05) is 6.42 Å². The molecule has 0 unspecified atom stereocenters. The molecule has 25 heavy (non-hydrogen) atoms. The number of hydrogen-bond acceptors (Lipinski definition) is 5. The van der Waals surface area contributed by atoms with Gasteiger partial charge in [-0.3, -0.25) is 0 Å². The first-order chi connectivity index (χ1) is 12.1. The van der Waals surface area contributed by atoms with Crippen molar-refractivity contribution in [2.45, 2.75) is 39.0 Å². The molecular formula is C20H24N4O. The SMILES string of the molecule is C=C1NC(CC2CCCC2)=NC(Nc2cc(C)ccc2OC)=C1C#N. The number of anilines is 1. The van der Waals surface area contributed by atoms with Crippen LogP contribution in [0.2, 0.25) is 0 Å². The van der Waals surface area contributed by atoms with Gasteiger partial charge in [-0.2, -0.15) is 5.26 Å². The highest BCUT2D eigenvalue weighted by molar-refractivity contribution is 5.88. The lowest BCUT2D eigenvalue weighted by atomic mass is 10.0. The Morgan fingerprint density at radius 2 is 2.16 bits per heavy atom. The van der Waals surface area contributed by atoms with Crippen LogP contribution < -0.4 is 15.4 Å². The van der Waals surface area contributed by atoms with Crippen molar-refractivity contribution in [1.82, 2.24) is 5.32 Å². The molecule has 5 nitrogen and oxygen atoms in total. The van der Waals surface area contributed by atoms with Crippen LogP contribution in [-0.4, -0.2) is 12.9 Å². The zero-order valence-electron chi connectivity index (χ0n) is 14.9. The molecule has 2 N–H and O–H groups in total. The van der Waals surface area contributed by atoms with E-state index in [1.807, 2.05) is 25.1 Å². The van der Waals surface area contributed by atoms with E-state index in [4.69, 9.17) is 4.74 Å². The minimum atomic E-state index is 0.429. The van der Waals surface area contributed by atoms with Gasteiger partial charge in [0.05, 0.1) is 18.5 Å². The number of aliphatic imine (C=N–C) groups is 1. The fourth-order valence-corrected chi connectivity index (χ4v) is 3.44. The molecular weight excluding hydrogens is 312 g/mol. The van der Waals surface area contributed by atoms with Crippen LogP contribution in [0.15, 0.2) is 46.9 Å². The van der Waals surface area contributed by atoms with Crippen LogP contribution in [0.25, 0.3) is 0 Å². The third-order valence-corrected chi connectivity index (χ3v) is 4.76. The second-order valence-corrected chi connectivity index (χ2v) is 6.68. The lowest BCUT2D eigenvalue weighted by molar-refractivity contribution is 0.416. The predicted octanol–water partition coefficient (Wildman–Crippen LogP) is 4.25. The average molecular weight is 336 g/mol. The molecule has 5 heteroatoms. The maximum Gasteiger partial charge on any atom is 0.152 e. The van der Waals surface area contributed by atoms with Crippen molar-refractivity contribution in [3.8, 4) is 11.8 Å². The fourth-order valence-electron chi connectivity index (χ4n) is 3.44. The lowest BCUT2D eigenvalue weighted by Crippen LogP contribution is -2.30. The standard InChI is InChI=1S/C20H24N4O/c1-13-8-9-18(25-3)17(10-13)23-20-16(12-21)14(2)22-19(24-20)11-15-6-4-5-7-15/h8-10,15,23H,2,4-7,11H2,1,3H3,(H,22,24). The number of benzene rings is 1. The van der Waals surface area contributed by atoms with Crippen LogP contribution in [0.5, 0.6) is 5.75 Å². The van der Waals surface area contributed by atoms with Gasteiger partial charge in [0.15, 0.2) is 5.82 Å². The van der Waals surface area contributed by atoms with Gasteiger partial charge in [-0.15, -0.1) is 0 Å². The van der Waals surface area contributed by atoms with Crippen molar-refractivity contribution in [2.75, 3.05) is 12.4 Å². The summed E-state index contributed by atoms with van der Waals surface area (Å²) in [6, 6.07) is 8.07. The van der Waals surface area contributed by atoms with E-state index in [9.17, 15) is 5.26 Å². The Kier molecular flexibility index (Phi) is 5.08. The second kappa shape index (κ2) is 7.43. The molecule has 1 aromatic rings. The number of hydrogen-bond donors (Lipinski definition) is 2. The first-order valence-electron chi connectivity index (χ1n) is 8.70. The fraction of sp³-hybridized carbons (Fsp3) is 0.400. The summed E-state index contributed by atoms with van der Waals surface area (Å²) in [6.07, 6.45) is 5.98. The van der Waals surface area contributed by atoms with Crippen molar-refractivity contribution in [2.24, 2.45) is 10.9 Å². The molecule has 0 radical (unpaired) electrons. The van der Waals surface area contributed by atoms with Gasteiger partial charge in [0.25, 0.3) is 0 Å². The summed E-state index contributed by atoms with van der Waals surface area (Å²) in [4.78, 5) is 4.68. The number of ether oxygens (including phenoxy) is 1. The van der Waals surface area contributed by atoms with Gasteiger partial charge in [0.1, 0.15) is 23.2 Å². The summed E-state index contributed by atoms with van der Waals surface area (Å²) in [5, 5.41) is 16.0. The van der Waals surface area contributed by atoms with E-state index in [-0.39, 0.29) is 0 Å². The van der Waals surface area contributed by atoms with E-state index in [0.717, 1.165) is 23.5 Å². The Morgan fingerprint density at radius 3 is 2.84 bits per heavy atom. The second-order valence-electron chi connectivity index (χ2n) is 6.68. The number of nitrogens with zero attached hydrogens (tertiary/aromatic N) is 2. The molecule has 0 aromatic heterocycles. The summed E-state index contributed by atoms with van der Waals surface area (Å²) in [7, 11) is 1.63. The minimum Gasteiger partial charge on any atom is -0.495 e. The minimum absolute atomic E-state index is 0.429. The van der Waals surface area contributed by atoms with Gasteiger partial charge in [-0.1, -0.05) is 38.3 Å². The van der Waals surface area contributed by atoms with Gasteiger partial charge in [0.2, 0.25) is 0 Å². The van der Waals surface area contributed by atoms with Crippen molar-refractivity contribution < 1.29 is 4.74 Å². The summed E-state index contributed by atoms with van der Waals surface area (Å²) >= 11 is 0. The van der Waals surface area contributed by atoms with Gasteiger partial charge in [-0.25, -0.2) is 4.99 Å². The van der Waals surface area contributed by atoms with E-state index < -0.39 is 0 Å². The van der Waals surface area contributed by atoms with Gasteiger partial charge < -0.3 is 15.4 Å². The van der Waals surface area contributed by atoms with Crippen LogP contribution in [0, 0.1) is 24.2 Å². The number of methoxy groups -OCH3 is 1. The number of aryl methyl sites for hydroxylation is 1. The van der Waals surface area contributed by atoms with E-state index in [1.54, 1.807) is 7.11 Å². The highest BCUT2D eigenvalue weighted by atomic mass is 16.5. The molecule has 1 fully saturated rings. The summed E-state index contributed by atoms with van der Waals surface area (Å²) in [5.41, 5.74) is 2.92. The number of nitriles is 1. The molecule has 1 aliphatic carbocycles. The topological polar surface area (TPSA) is 69.4 Å². The molecule has 2 aliphatic rings. The Morgan fingerprint density at radius 1 is 1.40 bits per heavy atom. The molecule has 0 amide bonds. The largest absolute Gasteiger partial charge is 0.495 e. The lowest BCUT2D eigenvalue weighted by Gasteiger charge is -2.22. The summed E-state index contributed by atoms with van der Waals surface area (Å²) in [5.74, 6) is 2.79. The molecule has 0 bridgehead atoms. The number of allylic oxidation sites excluding steroid dienone is 1. The summed E-state index contributed by atoms with van der Waals surface area (Å²) in [6.45, 7) is 6.01. The maximum absolute atomic E-state index is 9.51. The number of rotatable bonds is 5. The zero-order chi connectivity index (χ0) is 17.8. The molecule has 0 spiro atoms. The monoisotopic (exact) mass is 336 g/mol. The number of nitrogens with one attached hydrogen (secondary N) is 2. The quantitative estimate of drug-likeness (QED) is 0.843. The molecule has 0 atom stereocenters. The van der Waals surface area contributed by atoms with Gasteiger partial charge >= 0.3 is 0 Å². The molecule has 1 saturated carbocycles. The van der Waals surface area contributed by atoms with Crippen LogP contribution in [0.4, 0.5) is 5.69 Å². The van der Waals surface area contributed by atoms with E-state index in [1.165, 1.54) is 25.7 Å². The van der Waals surface area contributed by atoms with Crippen molar-refractivity contribution in [3.63, 3.8) is 0 Å². The molecule has 1 heterocycles. The molecule has 130 valence electrons. The molecule has 3 rings (SSSR count). The Bertz CT molecular complexity index is 779. The smallest absolute Gasteiger partial charge is 0.152 e. The van der Waals surface area contributed by atoms with E-state index in [0.29, 0.717) is 28.8 Å².